The Labute approximate surface area is 91.5 Å². The van der Waals surface area contributed by atoms with Gasteiger partial charge in [0.25, 0.3) is 0 Å². The Balaban J connectivity index is 2.07. The summed E-state index contributed by atoms with van der Waals surface area (Å²) in [5.41, 5.74) is 1.31. The summed E-state index contributed by atoms with van der Waals surface area (Å²) in [6.07, 6.45) is 3.80. The van der Waals surface area contributed by atoms with E-state index in [9.17, 15) is 0 Å². The van der Waals surface area contributed by atoms with Gasteiger partial charge in [0.05, 0.1) is 0 Å². The second-order valence-electron chi connectivity index (χ2n) is 4.10. The van der Waals surface area contributed by atoms with Gasteiger partial charge in [-0.15, -0.1) is 0 Å². The fraction of sp³-hybridized carbons (Fsp3) is 0.583. The van der Waals surface area contributed by atoms with Gasteiger partial charge in [0.1, 0.15) is 0 Å². The number of likely N-dealkylation sites (N-methyl/N-ethyl adjacent to an activating group) is 1. The molecule has 1 fully saturated rings. The lowest BCUT2D eigenvalue weighted by Crippen LogP contribution is -2.57. The maximum absolute atomic E-state index is 4.18. The van der Waals surface area contributed by atoms with Crippen molar-refractivity contribution < 1.29 is 0 Å². The van der Waals surface area contributed by atoms with E-state index in [4.69, 9.17) is 0 Å². The Kier molecular flexibility index (Phi) is 3.34. The molecular formula is C12H19N3. The standard InChI is InChI=1S/C12H19N3/c1-3-15(12-8-14-9-12)10(2)11-5-4-6-13-7-11/h4-7,10,12,14H,3,8-9H2,1-2H3. The summed E-state index contributed by atoms with van der Waals surface area (Å²) >= 11 is 0. The van der Waals surface area contributed by atoms with Gasteiger partial charge < -0.3 is 5.32 Å². The van der Waals surface area contributed by atoms with E-state index < -0.39 is 0 Å². The highest BCUT2D eigenvalue weighted by atomic mass is 15.2. The molecule has 0 aliphatic carbocycles. The summed E-state index contributed by atoms with van der Waals surface area (Å²) < 4.78 is 0. The minimum atomic E-state index is 0.468. The molecule has 0 saturated carbocycles. The fourth-order valence-electron chi connectivity index (χ4n) is 2.17. The van der Waals surface area contributed by atoms with Crippen molar-refractivity contribution in [3.05, 3.63) is 30.1 Å². The SMILES string of the molecule is CCN(C1CNC1)C(C)c1cccnc1. The van der Waals surface area contributed by atoms with Crippen LogP contribution in [-0.4, -0.2) is 35.6 Å². The molecule has 1 atom stereocenters. The normalized spacial score (nSPS) is 18.9. The van der Waals surface area contributed by atoms with Gasteiger partial charge in [-0.1, -0.05) is 13.0 Å². The van der Waals surface area contributed by atoms with Gasteiger partial charge in [-0.2, -0.15) is 0 Å². The van der Waals surface area contributed by atoms with Crippen LogP contribution < -0.4 is 5.32 Å². The molecule has 1 aliphatic heterocycles. The van der Waals surface area contributed by atoms with Gasteiger partial charge in [0.2, 0.25) is 0 Å². The smallest absolute Gasteiger partial charge is 0.0351 e. The fourth-order valence-corrected chi connectivity index (χ4v) is 2.17. The highest BCUT2D eigenvalue weighted by Gasteiger charge is 2.27. The molecule has 15 heavy (non-hydrogen) atoms. The largest absolute Gasteiger partial charge is 0.314 e. The molecule has 2 rings (SSSR count). The molecule has 1 aliphatic rings. The van der Waals surface area contributed by atoms with Crippen molar-refractivity contribution in [1.29, 1.82) is 0 Å². The van der Waals surface area contributed by atoms with Crippen molar-refractivity contribution in [3.8, 4) is 0 Å². The highest BCUT2D eigenvalue weighted by Crippen LogP contribution is 2.22. The second-order valence-corrected chi connectivity index (χ2v) is 4.10. The third kappa shape index (κ3) is 2.19. The van der Waals surface area contributed by atoms with E-state index in [-0.39, 0.29) is 0 Å². The summed E-state index contributed by atoms with van der Waals surface area (Å²) in [5, 5.41) is 3.33. The van der Waals surface area contributed by atoms with Gasteiger partial charge in [0.15, 0.2) is 0 Å². The molecule has 1 N–H and O–H groups in total. The lowest BCUT2D eigenvalue weighted by molar-refractivity contribution is 0.109. The Morgan fingerprint density at radius 1 is 1.60 bits per heavy atom. The Bertz CT molecular complexity index is 295. The van der Waals surface area contributed by atoms with Crippen LogP contribution in [0, 0.1) is 0 Å². The lowest BCUT2D eigenvalue weighted by atomic mass is 10.0. The van der Waals surface area contributed by atoms with E-state index in [0.717, 1.165) is 19.6 Å². The van der Waals surface area contributed by atoms with E-state index in [1.807, 2.05) is 18.5 Å². The number of hydrogen-bond acceptors (Lipinski definition) is 3. The van der Waals surface area contributed by atoms with Crippen LogP contribution in [0.4, 0.5) is 0 Å². The first kappa shape index (κ1) is 10.6. The van der Waals surface area contributed by atoms with Gasteiger partial charge >= 0.3 is 0 Å². The Morgan fingerprint density at radius 2 is 2.40 bits per heavy atom. The minimum absolute atomic E-state index is 0.468. The molecule has 1 aromatic heterocycles. The average molecular weight is 205 g/mol. The van der Waals surface area contributed by atoms with E-state index >= 15 is 0 Å². The second kappa shape index (κ2) is 4.73. The third-order valence-corrected chi connectivity index (χ3v) is 3.26. The predicted octanol–water partition coefficient (Wildman–Crippen LogP) is 1.44. The predicted molar refractivity (Wildman–Crippen MR) is 61.7 cm³/mol. The van der Waals surface area contributed by atoms with E-state index in [1.54, 1.807) is 0 Å². The maximum atomic E-state index is 4.18. The van der Waals surface area contributed by atoms with E-state index in [1.165, 1.54) is 5.56 Å². The maximum Gasteiger partial charge on any atom is 0.0351 e. The van der Waals surface area contributed by atoms with Crippen molar-refractivity contribution in [2.45, 2.75) is 25.9 Å². The van der Waals surface area contributed by atoms with Crippen molar-refractivity contribution in [1.82, 2.24) is 15.2 Å². The van der Waals surface area contributed by atoms with Crippen LogP contribution in [-0.2, 0) is 0 Å². The van der Waals surface area contributed by atoms with Crippen LogP contribution in [0.15, 0.2) is 24.5 Å². The van der Waals surface area contributed by atoms with Gasteiger partial charge in [-0.05, 0) is 25.1 Å². The van der Waals surface area contributed by atoms with Crippen LogP contribution in [0.5, 0.6) is 0 Å². The number of nitrogens with zero attached hydrogens (tertiary/aromatic N) is 2. The molecule has 0 bridgehead atoms. The monoisotopic (exact) mass is 205 g/mol. The number of pyridine rings is 1. The zero-order valence-electron chi connectivity index (χ0n) is 9.48. The van der Waals surface area contributed by atoms with Crippen LogP contribution in [0.1, 0.15) is 25.5 Å². The van der Waals surface area contributed by atoms with Crippen molar-refractivity contribution >= 4 is 0 Å². The van der Waals surface area contributed by atoms with E-state index in [0.29, 0.717) is 12.1 Å². The quantitative estimate of drug-likeness (QED) is 0.806. The highest BCUT2D eigenvalue weighted by molar-refractivity contribution is 5.13. The number of nitrogens with one attached hydrogen (secondary N) is 1. The topological polar surface area (TPSA) is 28.2 Å². The third-order valence-electron chi connectivity index (χ3n) is 3.26. The van der Waals surface area contributed by atoms with Crippen LogP contribution in [0.3, 0.4) is 0 Å². The van der Waals surface area contributed by atoms with Crippen LogP contribution >= 0.6 is 0 Å². The molecule has 3 nitrogen and oxygen atoms in total. The average Bonchev–Trinajstić information content (AvgIpc) is 2.23. The molecule has 3 heteroatoms. The summed E-state index contributed by atoms with van der Waals surface area (Å²) in [5.74, 6) is 0. The van der Waals surface area contributed by atoms with Gasteiger partial charge in [0, 0.05) is 37.6 Å². The number of aromatic nitrogens is 1. The minimum Gasteiger partial charge on any atom is -0.314 e. The van der Waals surface area contributed by atoms with Gasteiger partial charge in [-0.25, -0.2) is 0 Å². The molecule has 1 aromatic rings. The summed E-state index contributed by atoms with van der Waals surface area (Å²) in [4.78, 5) is 6.72. The first-order valence-electron chi connectivity index (χ1n) is 5.69. The Hall–Kier alpha value is -0.930. The molecule has 0 radical (unpaired) electrons. The molecule has 0 spiro atoms. The summed E-state index contributed by atoms with van der Waals surface area (Å²) in [7, 11) is 0. The van der Waals surface area contributed by atoms with Crippen molar-refractivity contribution in [2.75, 3.05) is 19.6 Å². The van der Waals surface area contributed by atoms with Crippen LogP contribution in [0.2, 0.25) is 0 Å². The van der Waals surface area contributed by atoms with E-state index in [2.05, 4.69) is 35.1 Å². The summed E-state index contributed by atoms with van der Waals surface area (Å²) in [6, 6.07) is 5.34. The van der Waals surface area contributed by atoms with Crippen LogP contribution in [0.25, 0.3) is 0 Å². The molecule has 0 amide bonds. The first-order valence-corrected chi connectivity index (χ1v) is 5.69. The molecule has 2 heterocycles. The van der Waals surface area contributed by atoms with Crippen molar-refractivity contribution in [2.24, 2.45) is 0 Å². The summed E-state index contributed by atoms with van der Waals surface area (Å²) in [6.45, 7) is 7.84. The molecule has 82 valence electrons. The Morgan fingerprint density at radius 3 is 2.87 bits per heavy atom. The van der Waals surface area contributed by atoms with Crippen molar-refractivity contribution in [3.63, 3.8) is 0 Å². The molecule has 0 aromatic carbocycles. The molecular weight excluding hydrogens is 186 g/mol. The molecule has 1 saturated heterocycles. The zero-order valence-corrected chi connectivity index (χ0v) is 9.48. The van der Waals surface area contributed by atoms with Gasteiger partial charge in [-0.3, -0.25) is 9.88 Å². The molecule has 1 unspecified atom stereocenters. The number of rotatable bonds is 4. The zero-order chi connectivity index (χ0) is 10.7. The number of hydrogen-bond donors (Lipinski definition) is 1. The first-order chi connectivity index (χ1) is 7.33. The lowest BCUT2D eigenvalue weighted by Gasteiger charge is -2.41.